The van der Waals surface area contributed by atoms with Crippen LogP contribution in [-0.2, 0) is 0 Å². The van der Waals surface area contributed by atoms with Crippen LogP contribution in [0.15, 0.2) is 297 Å². The maximum Gasteiger partial charge on any atom is 0.123 e. The summed E-state index contributed by atoms with van der Waals surface area (Å²) in [6.45, 7) is 0. The van der Waals surface area contributed by atoms with Gasteiger partial charge in [0.1, 0.15) is 40.2 Å². The predicted octanol–water partition coefficient (Wildman–Crippen LogP) is 17.8. The zero-order valence-corrected chi connectivity index (χ0v) is 41.9. The Morgan fingerprint density at radius 2 is 0.221 bits per heavy atom. The lowest BCUT2D eigenvalue weighted by atomic mass is 10.1. The third-order valence-corrected chi connectivity index (χ3v) is 12.4. The Bertz CT molecular complexity index is 3380. The third kappa shape index (κ3) is 14.2. The van der Waals surface area contributed by atoms with Gasteiger partial charge < -0.3 is 35.7 Å². The molecule has 7 N–H and O–H groups in total. The Kier molecular flexibility index (Phi) is 18.1. The smallest absolute Gasteiger partial charge is 0.123 e. The zero-order chi connectivity index (χ0) is 53.8. The number of phenols is 7. The summed E-state index contributed by atoms with van der Waals surface area (Å²) in [7, 11) is 0. The number of fused-ring (bicyclic) bond motifs is 7. The van der Waals surface area contributed by atoms with Gasteiger partial charge in [0.25, 0.3) is 0 Å². The summed E-state index contributed by atoms with van der Waals surface area (Å²) in [6, 6.07) is 93.0. The molecule has 0 fully saturated rings. The molecular weight excluding hydrogens is 953 g/mol. The summed E-state index contributed by atoms with van der Waals surface area (Å²) < 4.78 is 0. The van der Waals surface area contributed by atoms with Gasteiger partial charge in [0, 0.05) is 37.7 Å². The van der Waals surface area contributed by atoms with Crippen LogP contribution in [0.1, 0.15) is 0 Å². The molecule has 0 amide bonds. The first kappa shape index (κ1) is 52.8. The molecule has 77 heavy (non-hydrogen) atoms. The van der Waals surface area contributed by atoms with E-state index in [1.165, 1.54) is 0 Å². The van der Waals surface area contributed by atoms with Crippen molar-refractivity contribution in [2.24, 2.45) is 0 Å². The first-order valence-electron chi connectivity index (χ1n) is 24.8. The molecule has 378 valence electrons. The number of hydrogen-bond donors (Lipinski definition) is 7. The Morgan fingerprint density at radius 3 is 0.338 bits per heavy atom. The second-order valence-electron chi connectivity index (χ2n) is 17.5. The summed E-state index contributed by atoms with van der Waals surface area (Å²) in [5, 5.41) is 79.5. The van der Waals surface area contributed by atoms with E-state index in [1.807, 2.05) is 255 Å². The number of benzene rings is 14. The summed E-state index contributed by atoms with van der Waals surface area (Å²) in [6.07, 6.45) is 0. The quantitative estimate of drug-likeness (QED) is 0.0802. The standard InChI is InChI=1S/7C10H8O/c7*11-10-7-3-5-8-4-1-2-6-9(8)10/h7*1-7,11H. The van der Waals surface area contributed by atoms with Gasteiger partial charge in [0.2, 0.25) is 0 Å². The molecule has 0 bridgehead atoms. The summed E-state index contributed by atoms with van der Waals surface area (Å²) in [4.78, 5) is 0. The van der Waals surface area contributed by atoms with E-state index in [9.17, 15) is 35.7 Å². The van der Waals surface area contributed by atoms with Gasteiger partial charge in [-0.1, -0.05) is 255 Å². The van der Waals surface area contributed by atoms with Crippen LogP contribution in [-0.4, -0.2) is 35.7 Å². The lowest BCUT2D eigenvalue weighted by molar-refractivity contribution is 0.481. The van der Waals surface area contributed by atoms with Crippen LogP contribution in [0.4, 0.5) is 0 Å². The minimum absolute atomic E-state index is 0.350. The van der Waals surface area contributed by atoms with Crippen molar-refractivity contribution in [2.45, 2.75) is 0 Å². The second-order valence-corrected chi connectivity index (χ2v) is 17.5. The van der Waals surface area contributed by atoms with E-state index in [2.05, 4.69) is 0 Å². The van der Waals surface area contributed by atoms with E-state index >= 15 is 0 Å². The number of hydrogen-bond acceptors (Lipinski definition) is 7. The van der Waals surface area contributed by atoms with Gasteiger partial charge in [0.05, 0.1) is 0 Å². The van der Waals surface area contributed by atoms with Crippen molar-refractivity contribution in [2.75, 3.05) is 0 Å². The van der Waals surface area contributed by atoms with Crippen molar-refractivity contribution in [3.05, 3.63) is 297 Å². The van der Waals surface area contributed by atoms with E-state index in [0.717, 1.165) is 75.4 Å². The van der Waals surface area contributed by atoms with Crippen LogP contribution >= 0.6 is 0 Å². The number of rotatable bonds is 0. The SMILES string of the molecule is Oc1cccc2ccccc12.Oc1cccc2ccccc12.Oc1cccc2ccccc12.Oc1cccc2ccccc12.Oc1cccc2ccccc12.Oc1cccc2ccccc12.Oc1cccc2ccccc12. The first-order valence-corrected chi connectivity index (χ1v) is 24.8. The van der Waals surface area contributed by atoms with Crippen LogP contribution in [0, 0.1) is 0 Å². The Hall–Kier alpha value is -10.5. The molecule has 14 rings (SSSR count). The van der Waals surface area contributed by atoms with Crippen LogP contribution in [0.25, 0.3) is 75.4 Å². The fraction of sp³-hybridized carbons (Fsp3) is 0. The molecule has 0 aliphatic carbocycles. The van der Waals surface area contributed by atoms with Gasteiger partial charge in [-0.2, -0.15) is 0 Å². The molecule has 0 heterocycles. The van der Waals surface area contributed by atoms with Crippen LogP contribution < -0.4 is 0 Å². The molecular formula is C70H56O7. The third-order valence-electron chi connectivity index (χ3n) is 12.4. The minimum Gasteiger partial charge on any atom is -0.507 e. The van der Waals surface area contributed by atoms with Gasteiger partial charge >= 0.3 is 0 Å². The molecule has 0 saturated heterocycles. The van der Waals surface area contributed by atoms with Crippen molar-refractivity contribution < 1.29 is 35.7 Å². The normalized spacial score (nSPS) is 10.2. The molecule has 0 aliphatic heterocycles. The highest BCUT2D eigenvalue weighted by Crippen LogP contribution is 2.28. The van der Waals surface area contributed by atoms with Crippen molar-refractivity contribution in [3.63, 3.8) is 0 Å². The molecule has 7 nitrogen and oxygen atoms in total. The van der Waals surface area contributed by atoms with E-state index in [0.29, 0.717) is 40.2 Å². The Labute approximate surface area is 446 Å². The summed E-state index contributed by atoms with van der Waals surface area (Å²) in [5.74, 6) is 2.45. The fourth-order valence-electron chi connectivity index (χ4n) is 8.46. The van der Waals surface area contributed by atoms with Crippen molar-refractivity contribution in [1.82, 2.24) is 0 Å². The van der Waals surface area contributed by atoms with E-state index in [1.54, 1.807) is 42.5 Å². The van der Waals surface area contributed by atoms with Crippen LogP contribution in [0.2, 0.25) is 0 Å². The lowest BCUT2D eigenvalue weighted by Crippen LogP contribution is -1.70. The van der Waals surface area contributed by atoms with Gasteiger partial charge in [0.15, 0.2) is 0 Å². The molecule has 0 aromatic heterocycles. The molecule has 14 aromatic carbocycles. The van der Waals surface area contributed by atoms with Crippen LogP contribution in [0.5, 0.6) is 40.2 Å². The van der Waals surface area contributed by atoms with Gasteiger partial charge in [-0.25, -0.2) is 0 Å². The maximum absolute atomic E-state index is 9.37. The Morgan fingerprint density at radius 1 is 0.117 bits per heavy atom. The van der Waals surface area contributed by atoms with Crippen molar-refractivity contribution in [3.8, 4) is 40.2 Å². The molecule has 0 radical (unpaired) electrons. The van der Waals surface area contributed by atoms with Gasteiger partial charge in [-0.3, -0.25) is 0 Å². The number of phenolic OH excluding ortho intramolecular Hbond substituents is 7. The minimum atomic E-state index is 0.350. The van der Waals surface area contributed by atoms with E-state index in [4.69, 9.17) is 0 Å². The Balaban J connectivity index is 0.000000119. The van der Waals surface area contributed by atoms with Crippen LogP contribution in [0.3, 0.4) is 0 Å². The number of aromatic hydroxyl groups is 7. The topological polar surface area (TPSA) is 142 Å². The fourth-order valence-corrected chi connectivity index (χ4v) is 8.46. The first-order chi connectivity index (χ1) is 37.6. The molecule has 0 spiro atoms. The monoisotopic (exact) mass is 1010 g/mol. The highest BCUT2D eigenvalue weighted by Gasteiger charge is 2.00. The van der Waals surface area contributed by atoms with E-state index < -0.39 is 0 Å². The molecule has 0 aliphatic rings. The lowest BCUT2D eigenvalue weighted by Gasteiger charge is -1.97. The molecule has 7 heteroatoms. The van der Waals surface area contributed by atoms with Gasteiger partial charge in [-0.15, -0.1) is 0 Å². The molecule has 0 saturated carbocycles. The van der Waals surface area contributed by atoms with E-state index in [-0.39, 0.29) is 0 Å². The average Bonchev–Trinajstić information content (AvgIpc) is 3.47. The average molecular weight is 1010 g/mol. The molecule has 14 aromatic rings. The molecule has 0 atom stereocenters. The summed E-state index contributed by atoms with van der Waals surface area (Å²) in [5.41, 5.74) is 0. The van der Waals surface area contributed by atoms with Crippen molar-refractivity contribution in [1.29, 1.82) is 0 Å². The predicted molar refractivity (Wildman–Crippen MR) is 319 cm³/mol. The van der Waals surface area contributed by atoms with Crippen molar-refractivity contribution >= 4 is 75.4 Å². The maximum atomic E-state index is 9.37. The molecule has 0 unspecified atom stereocenters. The summed E-state index contributed by atoms with van der Waals surface area (Å²) >= 11 is 0. The van der Waals surface area contributed by atoms with Gasteiger partial charge in [-0.05, 0) is 80.2 Å². The zero-order valence-electron chi connectivity index (χ0n) is 41.9. The highest BCUT2D eigenvalue weighted by atomic mass is 16.3. The largest absolute Gasteiger partial charge is 0.507 e. The highest BCUT2D eigenvalue weighted by molar-refractivity contribution is 5.92. The second kappa shape index (κ2) is 26.5.